The molecule has 0 radical (unpaired) electrons. The third-order valence-electron chi connectivity index (χ3n) is 4.22. The van der Waals surface area contributed by atoms with Gasteiger partial charge in [-0.05, 0) is 59.0 Å². The summed E-state index contributed by atoms with van der Waals surface area (Å²) in [5, 5.41) is 5.51. The molecule has 160 valence electrons. The van der Waals surface area contributed by atoms with E-state index in [1.165, 1.54) is 36.7 Å². The lowest BCUT2D eigenvalue weighted by molar-refractivity contribution is -0.114. The van der Waals surface area contributed by atoms with E-state index in [1.807, 2.05) is 22.6 Å². The van der Waals surface area contributed by atoms with E-state index >= 15 is 0 Å². The van der Waals surface area contributed by atoms with Crippen LogP contribution in [0.25, 0.3) is 0 Å². The van der Waals surface area contributed by atoms with Crippen LogP contribution in [-0.2, 0) is 11.8 Å². The molecule has 0 saturated carbocycles. The summed E-state index contributed by atoms with van der Waals surface area (Å²) in [6.45, 7) is 1.40. The zero-order valence-electron chi connectivity index (χ0n) is 16.5. The number of amides is 2. The lowest BCUT2D eigenvalue weighted by Gasteiger charge is -2.18. The number of halogens is 2. The Morgan fingerprint density at radius 3 is 2.55 bits per heavy atom. The maximum atomic E-state index is 14.4. The molecule has 2 aromatic carbocycles. The van der Waals surface area contributed by atoms with Crippen molar-refractivity contribution in [3.05, 3.63) is 73.8 Å². The van der Waals surface area contributed by atoms with Gasteiger partial charge in [0.1, 0.15) is 11.6 Å². The van der Waals surface area contributed by atoms with Gasteiger partial charge < -0.3 is 16.4 Å². The molecule has 0 unspecified atom stereocenters. The fourth-order valence-electron chi connectivity index (χ4n) is 2.83. The van der Waals surface area contributed by atoms with Gasteiger partial charge in [0.15, 0.2) is 0 Å². The van der Waals surface area contributed by atoms with Crippen LogP contribution in [0.5, 0.6) is 0 Å². The minimum Gasteiger partial charge on any atom is -0.365 e. The van der Waals surface area contributed by atoms with Crippen molar-refractivity contribution in [1.82, 2.24) is 4.57 Å². The van der Waals surface area contributed by atoms with Crippen molar-refractivity contribution in [2.75, 3.05) is 10.6 Å². The van der Waals surface area contributed by atoms with Crippen LogP contribution in [0, 0.1) is 9.39 Å². The monoisotopic (exact) mass is 552 g/mol. The predicted octanol–water partition coefficient (Wildman–Crippen LogP) is 4.08. The highest BCUT2D eigenvalue weighted by atomic mass is 127. The average Bonchev–Trinajstić information content (AvgIpc) is 2.67. The van der Waals surface area contributed by atoms with Gasteiger partial charge in [-0.25, -0.2) is 4.39 Å². The maximum Gasteiger partial charge on any atom is 0.253 e. The van der Waals surface area contributed by atoms with Gasteiger partial charge in [0.05, 0.1) is 11.3 Å². The number of nitrogens with one attached hydrogen (secondary N) is 2. The number of benzene rings is 2. The molecule has 0 atom stereocenters. The molecule has 0 spiro atoms. The van der Waals surface area contributed by atoms with Crippen LogP contribution in [0.1, 0.15) is 17.3 Å². The smallest absolute Gasteiger partial charge is 0.253 e. The molecule has 0 aliphatic carbocycles. The van der Waals surface area contributed by atoms with Gasteiger partial charge in [-0.15, -0.1) is 0 Å². The number of anilines is 3. The van der Waals surface area contributed by atoms with Crippen molar-refractivity contribution >= 4 is 63.4 Å². The summed E-state index contributed by atoms with van der Waals surface area (Å²) in [6, 6.07) is 12.8. The molecular weight excluding hydrogens is 534 g/mol. The van der Waals surface area contributed by atoms with E-state index in [-0.39, 0.29) is 23.0 Å². The number of hydrogen-bond acceptors (Lipinski definition) is 5. The summed E-state index contributed by atoms with van der Waals surface area (Å²) in [6.07, 6.45) is 0. The van der Waals surface area contributed by atoms with Gasteiger partial charge >= 0.3 is 0 Å². The number of nitrogens with zero attached hydrogens (tertiary/aromatic N) is 1. The third kappa shape index (κ3) is 5.44. The Kier molecular flexibility index (Phi) is 7.01. The van der Waals surface area contributed by atoms with Crippen LogP contribution in [0.4, 0.5) is 21.6 Å². The predicted molar refractivity (Wildman–Crippen MR) is 127 cm³/mol. The Morgan fingerprint density at radius 1 is 1.16 bits per heavy atom. The largest absolute Gasteiger partial charge is 0.365 e. The SMILES string of the molecule is CC(=O)Nc1cccc(Sc2cc(=O)n(C)c(Nc3ccc(I)cc3F)c2C(N)=O)c1. The minimum atomic E-state index is -0.774. The average molecular weight is 552 g/mol. The van der Waals surface area contributed by atoms with Crippen LogP contribution >= 0.6 is 34.4 Å². The first-order chi connectivity index (χ1) is 14.7. The molecule has 7 nitrogen and oxygen atoms in total. The number of carbonyl (C=O) groups is 2. The van der Waals surface area contributed by atoms with Gasteiger partial charge in [0, 0.05) is 39.1 Å². The van der Waals surface area contributed by atoms with Crippen LogP contribution in [0.15, 0.2) is 63.1 Å². The van der Waals surface area contributed by atoms with E-state index in [9.17, 15) is 18.8 Å². The first-order valence-corrected chi connectivity index (χ1v) is 10.9. The number of carbonyl (C=O) groups excluding carboxylic acids is 2. The van der Waals surface area contributed by atoms with Crippen molar-refractivity contribution in [3.8, 4) is 0 Å². The van der Waals surface area contributed by atoms with Gasteiger partial charge in [-0.1, -0.05) is 17.8 Å². The Morgan fingerprint density at radius 2 is 1.90 bits per heavy atom. The number of pyridine rings is 1. The van der Waals surface area contributed by atoms with Crippen LogP contribution in [-0.4, -0.2) is 16.4 Å². The second-order valence-corrected chi connectivity index (χ2v) is 8.91. The molecule has 0 saturated heterocycles. The van der Waals surface area contributed by atoms with Crippen LogP contribution in [0.3, 0.4) is 0 Å². The molecule has 31 heavy (non-hydrogen) atoms. The highest BCUT2D eigenvalue weighted by Crippen LogP contribution is 2.35. The van der Waals surface area contributed by atoms with Gasteiger partial charge in [0.25, 0.3) is 11.5 Å². The standard InChI is InChI=1S/C21H18FIN4O3S/c1-11(28)25-13-4-3-5-14(9-13)31-17-10-18(29)27(2)21(19(17)20(24)30)26-16-7-6-12(23)8-15(16)22/h3-10,26H,1-2H3,(H2,24,30)(H,25,28). The van der Waals surface area contributed by atoms with E-state index in [0.29, 0.717) is 19.0 Å². The Balaban J connectivity index is 2.08. The quantitative estimate of drug-likeness (QED) is 0.400. The molecule has 3 aromatic rings. The summed E-state index contributed by atoms with van der Waals surface area (Å²) in [4.78, 5) is 37.2. The molecule has 2 amide bonds. The molecule has 1 heterocycles. The second kappa shape index (κ2) is 9.52. The lowest BCUT2D eigenvalue weighted by atomic mass is 10.2. The summed E-state index contributed by atoms with van der Waals surface area (Å²) < 4.78 is 16.3. The number of rotatable bonds is 6. The van der Waals surface area contributed by atoms with Crippen molar-refractivity contribution in [2.45, 2.75) is 16.7 Å². The van der Waals surface area contributed by atoms with E-state index in [1.54, 1.807) is 30.3 Å². The Labute approximate surface area is 195 Å². The van der Waals surface area contributed by atoms with Crippen molar-refractivity contribution in [1.29, 1.82) is 0 Å². The Bertz CT molecular complexity index is 1250. The molecule has 10 heteroatoms. The molecule has 4 N–H and O–H groups in total. The second-order valence-electron chi connectivity index (χ2n) is 6.55. The van der Waals surface area contributed by atoms with Crippen LogP contribution < -0.4 is 21.9 Å². The Hall–Kier alpha value is -2.86. The van der Waals surface area contributed by atoms with Gasteiger partial charge in [-0.2, -0.15) is 0 Å². The van der Waals surface area contributed by atoms with Crippen molar-refractivity contribution in [3.63, 3.8) is 0 Å². The summed E-state index contributed by atoms with van der Waals surface area (Å²) in [5.74, 6) is -1.44. The van der Waals surface area contributed by atoms with E-state index in [4.69, 9.17) is 5.73 Å². The molecule has 0 bridgehead atoms. The molecular formula is C21H18FIN4O3S. The topological polar surface area (TPSA) is 106 Å². The van der Waals surface area contributed by atoms with Gasteiger partial charge in [0.2, 0.25) is 5.91 Å². The lowest BCUT2D eigenvalue weighted by Crippen LogP contribution is -2.25. The molecule has 0 fully saturated rings. The summed E-state index contributed by atoms with van der Waals surface area (Å²) in [7, 11) is 1.47. The van der Waals surface area contributed by atoms with Crippen molar-refractivity contribution < 1.29 is 14.0 Å². The zero-order chi connectivity index (χ0) is 22.7. The first kappa shape index (κ1) is 22.8. The van der Waals surface area contributed by atoms with Gasteiger partial charge in [-0.3, -0.25) is 19.0 Å². The normalized spacial score (nSPS) is 10.6. The number of aromatic nitrogens is 1. The number of nitrogens with two attached hydrogens (primary N) is 1. The molecule has 1 aromatic heterocycles. The van der Waals surface area contributed by atoms with E-state index < -0.39 is 17.3 Å². The van der Waals surface area contributed by atoms with Crippen molar-refractivity contribution in [2.24, 2.45) is 12.8 Å². The fraction of sp³-hybridized carbons (Fsp3) is 0.0952. The summed E-state index contributed by atoms with van der Waals surface area (Å²) in [5.41, 5.74) is 5.96. The van der Waals surface area contributed by atoms with Crippen LogP contribution in [0.2, 0.25) is 0 Å². The minimum absolute atomic E-state index is 0.0509. The van der Waals surface area contributed by atoms with E-state index in [0.717, 1.165) is 11.8 Å². The molecule has 0 aliphatic rings. The zero-order valence-corrected chi connectivity index (χ0v) is 19.5. The summed E-state index contributed by atoms with van der Waals surface area (Å²) >= 11 is 3.12. The number of hydrogen-bond donors (Lipinski definition) is 3. The molecule has 3 rings (SSSR count). The highest BCUT2D eigenvalue weighted by Gasteiger charge is 2.21. The van der Waals surface area contributed by atoms with E-state index in [2.05, 4.69) is 10.6 Å². The highest BCUT2D eigenvalue weighted by molar-refractivity contribution is 14.1. The first-order valence-electron chi connectivity index (χ1n) is 8.97. The molecule has 0 aliphatic heterocycles. The maximum absolute atomic E-state index is 14.4. The fourth-order valence-corrected chi connectivity index (χ4v) is 4.33. The number of primary amides is 1. The third-order valence-corrected chi connectivity index (χ3v) is 5.92.